The molecule has 0 saturated carbocycles. The monoisotopic (exact) mass is 492 g/mol. The third kappa shape index (κ3) is 5.11. The molecule has 0 aliphatic carbocycles. The van der Waals surface area contributed by atoms with Crippen LogP contribution in [0.25, 0.3) is 0 Å². The SMILES string of the molecule is [Se]=P(CCCP(c1ccccc1)c1ccccc1)(c1ccccc1)c1ccccc1. The minimum atomic E-state index is -1.53. The van der Waals surface area contributed by atoms with Crippen LogP contribution in [-0.2, 0) is 0 Å². The normalized spacial score (nSPS) is 11.5. The first-order valence-corrected chi connectivity index (χ1v) is 16.1. The number of benzene rings is 4. The van der Waals surface area contributed by atoms with Gasteiger partial charge in [0, 0.05) is 0 Å². The summed E-state index contributed by atoms with van der Waals surface area (Å²) < 4.78 is 0. The van der Waals surface area contributed by atoms with Gasteiger partial charge in [-0.2, -0.15) is 0 Å². The fraction of sp³-hybridized carbons (Fsp3) is 0.111. The van der Waals surface area contributed by atoms with E-state index in [0.717, 1.165) is 0 Å². The molecule has 0 aliphatic heterocycles. The second-order valence-corrected chi connectivity index (χ2v) is 16.5. The van der Waals surface area contributed by atoms with Gasteiger partial charge in [0.1, 0.15) is 0 Å². The Kier molecular flexibility index (Phi) is 7.54. The van der Waals surface area contributed by atoms with Crippen molar-refractivity contribution in [1.82, 2.24) is 0 Å². The van der Waals surface area contributed by atoms with Gasteiger partial charge in [0.25, 0.3) is 0 Å². The van der Waals surface area contributed by atoms with Gasteiger partial charge in [-0.05, 0) is 0 Å². The summed E-state index contributed by atoms with van der Waals surface area (Å²) in [6, 6.07) is 44.2. The van der Waals surface area contributed by atoms with Crippen molar-refractivity contribution in [2.24, 2.45) is 0 Å². The van der Waals surface area contributed by atoms with E-state index in [9.17, 15) is 0 Å². The molecule has 0 fully saturated rings. The Bertz CT molecular complexity index is 998. The molecule has 0 nitrogen and oxygen atoms in total. The molecule has 4 aromatic carbocycles. The van der Waals surface area contributed by atoms with Crippen LogP contribution in [0.2, 0.25) is 0 Å². The van der Waals surface area contributed by atoms with Crippen LogP contribution in [0.15, 0.2) is 121 Å². The topological polar surface area (TPSA) is 0 Å². The summed E-state index contributed by atoms with van der Waals surface area (Å²) in [4.78, 5) is 0. The van der Waals surface area contributed by atoms with Crippen LogP contribution >= 0.6 is 13.4 Å². The summed E-state index contributed by atoms with van der Waals surface area (Å²) in [6.07, 6.45) is 3.62. The Hall–Kier alpha value is -1.74. The van der Waals surface area contributed by atoms with Crippen LogP contribution in [0.4, 0.5) is 0 Å². The van der Waals surface area contributed by atoms with E-state index in [0.29, 0.717) is 0 Å². The van der Waals surface area contributed by atoms with Crippen LogP contribution in [0.3, 0.4) is 0 Å². The van der Waals surface area contributed by atoms with Crippen LogP contribution < -0.4 is 21.2 Å². The fourth-order valence-corrected chi connectivity index (χ4v) is 11.5. The zero-order valence-corrected chi connectivity index (χ0v) is 20.5. The average Bonchev–Trinajstić information content (AvgIpc) is 2.84. The third-order valence-electron chi connectivity index (χ3n) is 5.34. The van der Waals surface area contributed by atoms with E-state index >= 15 is 0 Å². The molecule has 3 heteroatoms. The van der Waals surface area contributed by atoms with Crippen molar-refractivity contribution in [2.75, 3.05) is 12.3 Å². The molecule has 0 bridgehead atoms. The first-order valence-electron chi connectivity index (χ1n) is 10.4. The molecule has 0 spiro atoms. The van der Waals surface area contributed by atoms with Crippen LogP contribution in [0.5, 0.6) is 0 Å². The quantitative estimate of drug-likeness (QED) is 0.233. The maximum absolute atomic E-state index is 3.69. The molecule has 0 heterocycles. The molecule has 0 radical (unpaired) electrons. The van der Waals surface area contributed by atoms with Gasteiger partial charge in [0.15, 0.2) is 0 Å². The van der Waals surface area contributed by atoms with E-state index < -0.39 is 5.51 Å². The van der Waals surface area contributed by atoms with Crippen molar-refractivity contribution in [3.63, 3.8) is 0 Å². The molecule has 0 saturated heterocycles. The van der Waals surface area contributed by atoms with E-state index in [1.54, 1.807) is 0 Å². The molecular weight excluding hydrogens is 465 g/mol. The van der Waals surface area contributed by atoms with Crippen molar-refractivity contribution in [1.29, 1.82) is 0 Å². The van der Waals surface area contributed by atoms with E-state index in [-0.39, 0.29) is 7.92 Å². The molecule has 0 atom stereocenters. The van der Waals surface area contributed by atoms with Crippen molar-refractivity contribution >= 4 is 49.7 Å². The molecule has 150 valence electrons. The van der Waals surface area contributed by atoms with Crippen molar-refractivity contribution < 1.29 is 0 Å². The molecule has 0 N–H and O–H groups in total. The first kappa shape index (κ1) is 21.5. The van der Waals surface area contributed by atoms with Crippen LogP contribution in [-0.4, -0.2) is 27.4 Å². The number of rotatable bonds is 8. The molecule has 0 unspecified atom stereocenters. The number of hydrogen-bond acceptors (Lipinski definition) is 0. The van der Waals surface area contributed by atoms with Gasteiger partial charge in [0.2, 0.25) is 0 Å². The predicted molar refractivity (Wildman–Crippen MR) is 138 cm³/mol. The van der Waals surface area contributed by atoms with E-state index in [2.05, 4.69) is 136 Å². The number of hydrogen-bond donors (Lipinski definition) is 0. The predicted octanol–water partition coefficient (Wildman–Crippen LogP) is 5.26. The van der Waals surface area contributed by atoms with Crippen molar-refractivity contribution in [2.45, 2.75) is 6.42 Å². The molecule has 0 aliphatic rings. The van der Waals surface area contributed by atoms with Gasteiger partial charge in [-0.1, -0.05) is 0 Å². The molecule has 30 heavy (non-hydrogen) atoms. The molecule has 4 rings (SSSR count). The van der Waals surface area contributed by atoms with Gasteiger partial charge in [-0.15, -0.1) is 0 Å². The van der Waals surface area contributed by atoms with Gasteiger partial charge < -0.3 is 0 Å². The van der Waals surface area contributed by atoms with E-state index in [1.165, 1.54) is 40.0 Å². The molecule has 0 amide bonds. The van der Waals surface area contributed by atoms with E-state index in [1.807, 2.05) is 0 Å². The minimum absolute atomic E-state index is 0.338. The molecule has 4 aromatic rings. The summed E-state index contributed by atoms with van der Waals surface area (Å²) in [6.45, 7) is 0. The maximum atomic E-state index is 3.69. The summed E-state index contributed by atoms with van der Waals surface area (Å²) in [5.74, 6) is 0. The van der Waals surface area contributed by atoms with Gasteiger partial charge in [-0.25, -0.2) is 0 Å². The van der Waals surface area contributed by atoms with Gasteiger partial charge in [0.05, 0.1) is 0 Å². The van der Waals surface area contributed by atoms with Crippen molar-refractivity contribution in [3.8, 4) is 0 Å². The van der Waals surface area contributed by atoms with Gasteiger partial charge in [-0.3, -0.25) is 0 Å². The van der Waals surface area contributed by atoms with Crippen molar-refractivity contribution in [3.05, 3.63) is 121 Å². The summed E-state index contributed by atoms with van der Waals surface area (Å²) in [7, 11) is -0.338. The average molecular weight is 491 g/mol. The molecule has 0 aromatic heterocycles. The van der Waals surface area contributed by atoms with E-state index in [4.69, 9.17) is 0 Å². The zero-order chi connectivity index (χ0) is 20.7. The Balaban J connectivity index is 1.60. The summed E-state index contributed by atoms with van der Waals surface area (Å²) >= 11 is 3.69. The second kappa shape index (κ2) is 10.5. The Labute approximate surface area is 189 Å². The standard InChI is InChI=1S/C27H26P2Se/c30-29(26-18-9-3-10-19-26,27-20-11-4-12-21-27)23-13-22-28(24-14-5-1-6-15-24)25-16-7-2-8-17-25/h1-12,14-21H,13,22-23H2. The first-order chi connectivity index (χ1) is 14.8. The summed E-state index contributed by atoms with van der Waals surface area (Å²) in [5.41, 5.74) is -1.53. The molecular formula is C27H26P2Se. The Morgan fingerprint density at radius 1 is 0.533 bits per heavy atom. The zero-order valence-electron chi connectivity index (χ0n) is 17.0. The Morgan fingerprint density at radius 3 is 1.30 bits per heavy atom. The second-order valence-electron chi connectivity index (χ2n) is 7.31. The van der Waals surface area contributed by atoms with Gasteiger partial charge >= 0.3 is 190 Å². The Morgan fingerprint density at radius 2 is 0.900 bits per heavy atom. The summed E-state index contributed by atoms with van der Waals surface area (Å²) in [5, 5.41) is 5.86. The third-order valence-corrected chi connectivity index (χ3v) is 15.0. The van der Waals surface area contributed by atoms with Crippen LogP contribution in [0.1, 0.15) is 6.42 Å². The van der Waals surface area contributed by atoms with Crippen LogP contribution in [0, 0.1) is 0 Å². The fourth-order valence-electron chi connectivity index (χ4n) is 3.82.